The minimum Gasteiger partial charge on any atom is -0.508 e. The van der Waals surface area contributed by atoms with Crippen molar-refractivity contribution in [1.29, 1.82) is 5.41 Å². The van der Waals surface area contributed by atoms with E-state index in [1.807, 2.05) is 30.3 Å². The Hall–Kier alpha value is -14.6. The van der Waals surface area contributed by atoms with E-state index in [-0.39, 0.29) is 75.3 Å². The number of aromatic hydroxyl groups is 1. The Balaban J connectivity index is 1.36. The van der Waals surface area contributed by atoms with Gasteiger partial charge in [-0.1, -0.05) is 157 Å². The number of phenols is 1. The molecule has 5 aromatic carbocycles. The Labute approximate surface area is 819 Å². The number of carbonyl (C=O) groups excluding carboxylic acids is 17. The van der Waals surface area contributed by atoms with Crippen LogP contribution in [0.3, 0.4) is 0 Å². The van der Waals surface area contributed by atoms with Crippen LogP contribution in [0.5, 0.6) is 5.75 Å². The van der Waals surface area contributed by atoms with Gasteiger partial charge in [0.15, 0.2) is 5.96 Å². The highest BCUT2D eigenvalue weighted by Gasteiger charge is 2.43. The van der Waals surface area contributed by atoms with Crippen LogP contribution in [0.2, 0.25) is 0 Å². The van der Waals surface area contributed by atoms with Crippen molar-refractivity contribution >= 4 is 135 Å². The summed E-state index contributed by atoms with van der Waals surface area (Å²) in [6, 6.07) is 10.8. The number of hydrogen-bond donors (Lipinski definition) is 24. The Morgan fingerprint density at radius 1 is 0.496 bits per heavy atom. The first-order valence-corrected chi connectivity index (χ1v) is 47.4. The lowest BCUT2D eigenvalue weighted by atomic mass is 9.98. The van der Waals surface area contributed by atoms with Crippen LogP contribution < -0.4 is 97.4 Å². The molecule has 764 valence electrons. The number of fused-ring (bicyclic) bond motifs is 1. The van der Waals surface area contributed by atoms with Crippen LogP contribution in [-0.2, 0) is 112 Å². The number of aromatic amines is 1. The van der Waals surface area contributed by atoms with Gasteiger partial charge in [-0.05, 0) is 122 Å². The maximum absolute atomic E-state index is 15.6. The monoisotopic (exact) mass is 1980 g/mol. The number of aliphatic hydroxyl groups excluding tert-OH is 2. The number of primary amides is 2. The van der Waals surface area contributed by atoms with Crippen molar-refractivity contribution in [3.63, 3.8) is 0 Å². The number of guanidine groups is 1. The number of nitrogens with two attached hydrogens (primary N) is 4. The Morgan fingerprint density at radius 3 is 1.50 bits per heavy atom. The van der Waals surface area contributed by atoms with Gasteiger partial charge in [0.25, 0.3) is 0 Å². The molecule has 141 heavy (non-hydrogen) atoms. The van der Waals surface area contributed by atoms with E-state index in [9.17, 15) is 68.4 Å². The molecule has 0 saturated carbocycles. The molecule has 0 unspecified atom stereocenters. The lowest BCUT2D eigenvalue weighted by Gasteiger charge is -2.35. The summed E-state index contributed by atoms with van der Waals surface area (Å²) < 4.78 is 0. The molecular weight excluding hydrogens is 1850 g/mol. The minimum absolute atomic E-state index is 0.00845. The molecule has 16 atom stereocenters. The highest BCUT2D eigenvalue weighted by molar-refractivity contribution is 8.00. The largest absolute Gasteiger partial charge is 0.508 e. The number of carbonyl (C=O) groups is 18. The normalized spacial score (nSPS) is 23.1. The van der Waals surface area contributed by atoms with Gasteiger partial charge < -0.3 is 133 Å². The fourth-order valence-corrected chi connectivity index (χ4v) is 16.3. The highest BCUT2D eigenvalue weighted by Crippen LogP contribution is 2.25. The van der Waals surface area contributed by atoms with E-state index in [2.05, 4.69) is 79.4 Å². The molecule has 17 amide bonds. The van der Waals surface area contributed by atoms with Gasteiger partial charge in [-0.2, -0.15) is 0 Å². The molecule has 0 aliphatic carbocycles. The number of para-hydroxylation sites is 1. The number of carboxylic acid groups (broad SMARTS) is 1. The summed E-state index contributed by atoms with van der Waals surface area (Å²) in [5.74, 6) is -24.6. The molecule has 1 aliphatic heterocycles. The van der Waals surface area contributed by atoms with Gasteiger partial charge in [0.1, 0.15) is 96.4 Å². The average Bonchev–Trinajstić information content (AvgIpc) is 1.68. The van der Waals surface area contributed by atoms with Gasteiger partial charge in [0, 0.05) is 69.2 Å². The first-order valence-electron chi connectivity index (χ1n) is 46.2. The average molecular weight is 1980 g/mol. The maximum atomic E-state index is 15.6. The lowest BCUT2D eigenvalue weighted by Crippen LogP contribution is -2.63. The topological polar surface area (TPSA) is 707 Å². The molecule has 1 aromatic heterocycles. The van der Waals surface area contributed by atoms with Gasteiger partial charge in [-0.25, -0.2) is 0 Å². The van der Waals surface area contributed by atoms with Gasteiger partial charge >= 0.3 is 5.97 Å². The third-order valence-electron chi connectivity index (χ3n) is 23.4. The molecule has 7 rings (SSSR count). The van der Waals surface area contributed by atoms with E-state index in [0.29, 0.717) is 39.4 Å². The highest BCUT2D eigenvalue weighted by atomic mass is 32.2. The Morgan fingerprint density at radius 2 is 0.957 bits per heavy atom. The molecule has 0 radical (unpaired) electrons. The fourth-order valence-electron chi connectivity index (χ4n) is 15.4. The number of aliphatic carboxylic acids is 1. The number of benzene rings is 5. The van der Waals surface area contributed by atoms with Gasteiger partial charge in [0.2, 0.25) is 100 Å². The van der Waals surface area contributed by atoms with Crippen molar-refractivity contribution in [2.24, 2.45) is 40.7 Å². The van der Waals surface area contributed by atoms with Crippen LogP contribution in [0.25, 0.3) is 22.0 Å². The van der Waals surface area contributed by atoms with Gasteiger partial charge in [-0.3, -0.25) is 91.7 Å². The van der Waals surface area contributed by atoms with E-state index in [0.717, 1.165) is 27.9 Å². The van der Waals surface area contributed by atoms with Crippen LogP contribution in [0, 0.1) is 23.2 Å². The second-order valence-corrected chi connectivity index (χ2v) is 36.8. The summed E-state index contributed by atoms with van der Waals surface area (Å²) in [5.41, 5.74) is 26.5. The number of likely N-dealkylation sites (N-methyl/N-ethyl adjacent to an activating group) is 2. The number of amides is 17. The molecule has 44 nitrogen and oxygen atoms in total. The van der Waals surface area contributed by atoms with Crippen LogP contribution in [-0.4, -0.2) is 290 Å². The standard InChI is InChI=1S/C96H132N22O22S/c1-50(2)39-66-87(132)115-79(52(5)6)92(137)116-80(54(8)120)93(138)113-73(89(134)112-72(47-119)81(99)126)48-141-49-76(123)104-70(44-75(98)122)85(130)108-67(41-57-31-35-61(121)36-32-57)84(129)110-71(45-77(124)125)86(131)109-69(43-60-46-103-63-26-18-17-25-62(60)63)88(133)114-78(51(3)4)91(136)111-68(40-56-29-33-59(34-30-56)58-23-15-12-16-24-58)83(128)106-65(28-20-38-102-96(100)101)95(140)117(9)53(7)94(139)118(10)74(42-55-21-13-11-14-22-55)90(135)105-64(27-19-37-97)82(127)107-66/h11-18,21-26,29-36,46,50-54,64-74,78-80,103,119-121H,19-20,27-28,37-45,47-49,97H2,1-10H3,(H2,98,122)(H2,99,126)(H,104,123)(H,105,135)(H,106,128)(H,107,127)(H,108,130)(H,109,131)(H,110,129)(H,111,136)(H,112,134)(H,113,138)(H,114,133)(H,115,132)(H,116,137)(H,124,125)(H4,100,101,102)/t53-,54+,64-,65-,66-,67-,68-,69-,70-,71-,72-,73-,74-,78-,79-,80-/m0/s1. The second-order valence-electron chi connectivity index (χ2n) is 35.8. The number of nitrogens with one attached hydrogen (secondary N) is 16. The van der Waals surface area contributed by atoms with Crippen molar-refractivity contribution in [3.8, 4) is 16.9 Å². The number of rotatable bonds is 29. The van der Waals surface area contributed by atoms with Crippen molar-refractivity contribution in [2.75, 3.05) is 45.3 Å². The lowest BCUT2D eigenvalue weighted by molar-refractivity contribution is -0.148. The third-order valence-corrected chi connectivity index (χ3v) is 24.5. The molecular formula is C96H132N22O22S. The number of nitrogens with zero attached hydrogens (tertiary/aromatic N) is 2. The number of aliphatic hydroxyl groups is 2. The van der Waals surface area contributed by atoms with Crippen LogP contribution in [0.15, 0.2) is 140 Å². The first-order chi connectivity index (χ1) is 66.8. The number of carboxylic acids is 1. The van der Waals surface area contributed by atoms with Crippen molar-refractivity contribution < 1.29 is 107 Å². The molecule has 45 heteroatoms. The smallest absolute Gasteiger partial charge is 0.305 e. The van der Waals surface area contributed by atoms with Gasteiger partial charge in [0.05, 0.1) is 31.3 Å². The van der Waals surface area contributed by atoms with Gasteiger partial charge in [-0.15, -0.1) is 11.8 Å². The van der Waals surface area contributed by atoms with E-state index < -0.39 is 265 Å². The summed E-state index contributed by atoms with van der Waals surface area (Å²) in [4.78, 5) is 268. The number of aromatic nitrogens is 1. The summed E-state index contributed by atoms with van der Waals surface area (Å²) >= 11 is 0.556. The molecule has 0 bridgehead atoms. The van der Waals surface area contributed by atoms with Crippen molar-refractivity contribution in [1.82, 2.24) is 89.2 Å². The molecule has 28 N–H and O–H groups in total. The van der Waals surface area contributed by atoms with Crippen molar-refractivity contribution in [2.45, 2.75) is 223 Å². The molecule has 2 heterocycles. The quantitative estimate of drug-likeness (QED) is 0.0127. The van der Waals surface area contributed by atoms with Crippen LogP contribution >= 0.6 is 11.8 Å². The zero-order chi connectivity index (χ0) is 104. The molecule has 1 saturated heterocycles. The van der Waals surface area contributed by atoms with E-state index in [1.54, 1.807) is 107 Å². The SMILES string of the molecule is CC(C)C[C@@H]1NC(=O)[C@H](CCCN)NC(=O)[C@H](Cc2ccccc2)N(C)C(=O)[C@H](C)N(C)C(=O)[C@H](CCCNC(=N)N)NC(=O)[C@H](Cc2ccc(-c3ccccc3)cc2)NC(=O)[C@H](C(C)C)NC(=O)[C@H](Cc2c[nH]c3ccccc23)NC(=O)[C@H](CC(=O)O)NC(=O)[C@H](Cc2ccc(O)cc2)NC(=O)[C@H](CC(N)=O)NC(=O)CSC[C@@H](C(=O)N[C@@H](CO)C(N)=O)NC(=O)[C@H]([C@@H](C)O)NC(=O)[C@H](C(C)C)NC1=O. The van der Waals surface area contributed by atoms with E-state index in [1.165, 1.54) is 65.3 Å². The number of phenolic OH excluding ortho intramolecular Hbond substituents is 1. The zero-order valence-corrected chi connectivity index (χ0v) is 81.1. The third kappa shape index (κ3) is 35.4. The number of thioether (sulfide) groups is 1. The molecule has 1 aliphatic rings. The predicted octanol–water partition coefficient (Wildman–Crippen LogP) is -2.90. The maximum Gasteiger partial charge on any atom is 0.305 e. The molecule has 0 spiro atoms. The second kappa shape index (κ2) is 55.3. The summed E-state index contributed by atoms with van der Waals surface area (Å²) in [6.07, 6.45) is -4.28. The fraction of sp³-hybridized carbons (Fsp3) is 0.469. The zero-order valence-electron chi connectivity index (χ0n) is 80.3. The Bertz CT molecular complexity index is 5360. The van der Waals surface area contributed by atoms with Crippen molar-refractivity contribution in [3.05, 3.63) is 162 Å². The first kappa shape index (κ1) is 113. The minimum atomic E-state index is -2.15. The Kier molecular flexibility index (Phi) is 44.4. The predicted molar refractivity (Wildman–Crippen MR) is 521 cm³/mol. The number of hydrogen-bond acceptors (Lipinski definition) is 24. The molecule has 6 aromatic rings. The van der Waals surface area contributed by atoms with Crippen LogP contribution in [0.1, 0.15) is 123 Å². The summed E-state index contributed by atoms with van der Waals surface area (Å²) in [6.45, 7) is 10.9. The van der Waals surface area contributed by atoms with E-state index in [4.69, 9.17) is 28.3 Å². The van der Waals surface area contributed by atoms with E-state index >= 15 is 38.4 Å². The summed E-state index contributed by atoms with van der Waals surface area (Å²) in [5, 5.41) is 86.0. The molecule has 1 fully saturated rings. The summed E-state index contributed by atoms with van der Waals surface area (Å²) in [7, 11) is 2.58. The number of H-pyrrole nitrogens is 1. The van der Waals surface area contributed by atoms with Crippen LogP contribution in [0.4, 0.5) is 0 Å².